The van der Waals surface area contributed by atoms with Crippen LogP contribution in [0.15, 0.2) is 0 Å². The molecule has 0 rings (SSSR count). The van der Waals surface area contributed by atoms with E-state index >= 15 is 0 Å². The predicted molar refractivity (Wildman–Crippen MR) is 121 cm³/mol. The summed E-state index contributed by atoms with van der Waals surface area (Å²) in [4.78, 5) is 29.0. The highest BCUT2D eigenvalue weighted by Gasteiger charge is 2.03. The van der Waals surface area contributed by atoms with Gasteiger partial charge < -0.3 is 31.9 Å². The minimum absolute atomic E-state index is 0.0853. The van der Waals surface area contributed by atoms with Crippen LogP contribution in [0.4, 0.5) is 0 Å². The first-order valence-corrected chi connectivity index (χ1v) is 11.4. The number of amides is 2. The number of carbonyl (C=O) groups excluding carboxylic acids is 2. The van der Waals surface area contributed by atoms with E-state index < -0.39 is 31.0 Å². The van der Waals surface area contributed by atoms with Crippen molar-refractivity contribution in [3.8, 4) is 0 Å². The van der Waals surface area contributed by atoms with Gasteiger partial charge in [-0.25, -0.2) is 0 Å². The Hall–Kier alpha value is -1.71. The Balaban J connectivity index is -0.000000646. The van der Waals surface area contributed by atoms with Crippen molar-refractivity contribution in [3.05, 3.63) is 0 Å². The number of carbonyl (C=O) groups is 3. The van der Waals surface area contributed by atoms with Gasteiger partial charge in [0.2, 0.25) is 11.8 Å². The smallest absolute Gasteiger partial charge is 0.303 e. The van der Waals surface area contributed by atoms with Crippen LogP contribution in [0.2, 0.25) is 0 Å². The molecule has 0 fully saturated rings. The van der Waals surface area contributed by atoms with Crippen molar-refractivity contribution in [1.82, 2.24) is 0 Å². The largest absolute Gasteiger partial charge is 0.481 e. The lowest BCUT2D eigenvalue weighted by Gasteiger charge is -2.10. The zero-order chi connectivity index (χ0) is 24.3. The van der Waals surface area contributed by atoms with Gasteiger partial charge in [-0.1, -0.05) is 77.6 Å². The van der Waals surface area contributed by atoms with E-state index in [1.807, 2.05) is 0 Å². The summed E-state index contributed by atoms with van der Waals surface area (Å²) >= 11 is 0. The van der Waals surface area contributed by atoms with Crippen LogP contribution in [0.5, 0.6) is 0 Å². The molecule has 0 aromatic carbocycles. The summed E-state index contributed by atoms with van der Waals surface area (Å²) in [5.74, 6) is -2.06. The standard InChI is InChI=1S/C18H36O3.2C2H5NO2/c1-2-3-4-11-14-17(19)15-12-9-7-5-6-8-10-13-16-18(20)21;2*3-2(5)1-4/h17,19H,2-16H2,1H3,(H,20,21);2*4H,1H2,(H2,3,5). The van der Waals surface area contributed by atoms with Crippen LogP contribution in [0.3, 0.4) is 0 Å². The van der Waals surface area contributed by atoms with Crippen molar-refractivity contribution in [3.63, 3.8) is 0 Å². The van der Waals surface area contributed by atoms with E-state index in [0.717, 1.165) is 38.5 Å². The molecule has 0 spiro atoms. The van der Waals surface area contributed by atoms with Gasteiger partial charge in [-0.3, -0.25) is 14.4 Å². The maximum Gasteiger partial charge on any atom is 0.303 e. The van der Waals surface area contributed by atoms with Crippen molar-refractivity contribution in [2.75, 3.05) is 13.2 Å². The quantitative estimate of drug-likeness (QED) is 0.173. The van der Waals surface area contributed by atoms with Gasteiger partial charge >= 0.3 is 5.97 Å². The third kappa shape index (κ3) is 43.1. The minimum atomic E-state index is -0.690. The first-order chi connectivity index (χ1) is 14.7. The van der Waals surface area contributed by atoms with Crippen molar-refractivity contribution in [2.45, 2.75) is 109 Å². The highest BCUT2D eigenvalue weighted by atomic mass is 16.4. The van der Waals surface area contributed by atoms with Crippen molar-refractivity contribution in [1.29, 1.82) is 0 Å². The van der Waals surface area contributed by atoms with Crippen LogP contribution in [-0.2, 0) is 14.4 Å². The summed E-state index contributed by atoms with van der Waals surface area (Å²) in [6, 6.07) is 0. The second kappa shape index (κ2) is 28.3. The number of carboxylic acid groups (broad SMARTS) is 1. The highest BCUT2D eigenvalue weighted by Crippen LogP contribution is 2.14. The van der Waals surface area contributed by atoms with Gasteiger partial charge in [-0.15, -0.1) is 0 Å². The maximum atomic E-state index is 10.3. The van der Waals surface area contributed by atoms with E-state index in [4.69, 9.17) is 15.3 Å². The van der Waals surface area contributed by atoms with Crippen LogP contribution in [-0.4, -0.2) is 57.5 Å². The first-order valence-electron chi connectivity index (χ1n) is 11.4. The average Bonchev–Trinajstić information content (AvgIpc) is 2.73. The van der Waals surface area contributed by atoms with Crippen LogP contribution in [0.25, 0.3) is 0 Å². The zero-order valence-electron chi connectivity index (χ0n) is 19.3. The summed E-state index contributed by atoms with van der Waals surface area (Å²) < 4.78 is 0. The van der Waals surface area contributed by atoms with Crippen LogP contribution in [0.1, 0.15) is 103 Å². The summed E-state index contributed by atoms with van der Waals surface area (Å²) in [6.45, 7) is 1.10. The molecule has 0 radical (unpaired) electrons. The van der Waals surface area contributed by atoms with E-state index in [1.54, 1.807) is 0 Å². The molecular weight excluding hydrogens is 404 g/mol. The van der Waals surface area contributed by atoms with Crippen LogP contribution >= 0.6 is 0 Å². The lowest BCUT2D eigenvalue weighted by molar-refractivity contribution is -0.137. The monoisotopic (exact) mass is 450 g/mol. The Bertz CT molecular complexity index is 407. The van der Waals surface area contributed by atoms with Gasteiger partial charge in [-0.2, -0.15) is 0 Å². The van der Waals surface area contributed by atoms with Gasteiger partial charge in [0.15, 0.2) is 0 Å². The van der Waals surface area contributed by atoms with E-state index in [-0.39, 0.29) is 6.10 Å². The van der Waals surface area contributed by atoms with Crippen LogP contribution in [0, 0.1) is 0 Å². The Morgan fingerprint density at radius 3 is 1.32 bits per heavy atom. The third-order valence-electron chi connectivity index (χ3n) is 4.38. The maximum absolute atomic E-state index is 10.3. The second-order valence-corrected chi connectivity index (χ2v) is 7.51. The molecule has 2 amide bonds. The molecule has 0 aliphatic heterocycles. The first kappa shape index (κ1) is 33.9. The van der Waals surface area contributed by atoms with Crippen molar-refractivity contribution < 1.29 is 34.8 Å². The zero-order valence-corrected chi connectivity index (χ0v) is 19.3. The average molecular weight is 451 g/mol. The highest BCUT2D eigenvalue weighted by molar-refractivity contribution is 5.74. The second-order valence-electron chi connectivity index (χ2n) is 7.51. The fourth-order valence-electron chi connectivity index (χ4n) is 2.67. The van der Waals surface area contributed by atoms with E-state index in [1.165, 1.54) is 51.4 Å². The lowest BCUT2D eigenvalue weighted by Crippen LogP contribution is -2.14. The molecule has 8 N–H and O–H groups in total. The van der Waals surface area contributed by atoms with Crippen molar-refractivity contribution >= 4 is 17.8 Å². The predicted octanol–water partition coefficient (Wildman–Crippen LogP) is 2.23. The molecule has 186 valence electrons. The number of nitrogens with two attached hydrogens (primary N) is 2. The molecule has 0 saturated carbocycles. The Kier molecular flexibility index (Phi) is 31.0. The molecular formula is C22H46N2O7. The lowest BCUT2D eigenvalue weighted by atomic mass is 10.0. The molecule has 0 heterocycles. The van der Waals surface area contributed by atoms with Gasteiger partial charge in [0.25, 0.3) is 0 Å². The summed E-state index contributed by atoms with van der Waals surface area (Å²) in [6.07, 6.45) is 16.3. The van der Waals surface area contributed by atoms with Gasteiger partial charge in [0.05, 0.1) is 6.10 Å². The van der Waals surface area contributed by atoms with Crippen molar-refractivity contribution in [2.24, 2.45) is 11.5 Å². The summed E-state index contributed by atoms with van der Waals surface area (Å²) in [7, 11) is 0. The fourth-order valence-corrected chi connectivity index (χ4v) is 2.67. The van der Waals surface area contributed by atoms with Gasteiger partial charge in [0, 0.05) is 6.42 Å². The molecule has 31 heavy (non-hydrogen) atoms. The number of hydrogen-bond donors (Lipinski definition) is 6. The number of unbranched alkanes of at least 4 members (excludes halogenated alkanes) is 10. The molecule has 0 aliphatic carbocycles. The van der Waals surface area contributed by atoms with E-state index in [0.29, 0.717) is 6.42 Å². The number of aliphatic hydroxyl groups excluding tert-OH is 3. The number of primary amides is 2. The van der Waals surface area contributed by atoms with Gasteiger partial charge in [-0.05, 0) is 19.3 Å². The Morgan fingerprint density at radius 2 is 1.00 bits per heavy atom. The summed E-state index contributed by atoms with van der Waals surface area (Å²) in [5.41, 5.74) is 8.81. The number of rotatable bonds is 18. The SMILES string of the molecule is CCCCCCC(O)CCCCCCCCCCC(=O)O.NC(=O)CO.NC(=O)CO. The molecule has 0 bridgehead atoms. The minimum Gasteiger partial charge on any atom is -0.481 e. The Labute approximate surface area is 187 Å². The third-order valence-corrected chi connectivity index (χ3v) is 4.38. The Morgan fingerprint density at radius 1 is 0.677 bits per heavy atom. The molecule has 0 aliphatic rings. The summed E-state index contributed by atoms with van der Waals surface area (Å²) in [5, 5.41) is 33.7. The fraction of sp³-hybridized carbons (Fsp3) is 0.864. The number of aliphatic hydroxyl groups is 3. The van der Waals surface area contributed by atoms with Gasteiger partial charge in [0.1, 0.15) is 13.2 Å². The van der Waals surface area contributed by atoms with E-state index in [2.05, 4.69) is 18.4 Å². The molecule has 9 nitrogen and oxygen atoms in total. The molecule has 1 atom stereocenters. The molecule has 1 unspecified atom stereocenters. The van der Waals surface area contributed by atoms with Crippen LogP contribution < -0.4 is 11.5 Å². The number of hydrogen-bond acceptors (Lipinski definition) is 6. The molecule has 0 aromatic heterocycles. The normalized spacial score (nSPS) is 10.8. The molecule has 0 saturated heterocycles. The number of aliphatic carboxylic acids is 1. The molecule has 9 heteroatoms. The number of carboxylic acids is 1. The molecule has 0 aromatic rings. The topological polar surface area (TPSA) is 184 Å². The van der Waals surface area contributed by atoms with E-state index in [9.17, 15) is 19.5 Å².